The lowest BCUT2D eigenvalue weighted by atomic mass is 9.97. The van der Waals surface area contributed by atoms with Crippen LogP contribution in [0.25, 0.3) is 0 Å². The molecular formula is C60H141ClN28O4. The molecule has 0 radical (unpaired) electrons. The van der Waals surface area contributed by atoms with Gasteiger partial charge in [-0.15, -0.1) is 12.4 Å². The minimum Gasteiger partial charge on any atom is -0.395 e. The van der Waals surface area contributed by atoms with Gasteiger partial charge >= 0.3 is 0 Å². The van der Waals surface area contributed by atoms with Gasteiger partial charge in [-0.25, -0.2) is 10.0 Å². The lowest BCUT2D eigenvalue weighted by Gasteiger charge is -2.34. The monoisotopic (exact) mass is 1350 g/mol. The van der Waals surface area contributed by atoms with E-state index in [0.29, 0.717) is 43.7 Å². The summed E-state index contributed by atoms with van der Waals surface area (Å²) in [5.41, 5.74) is 64.7. The van der Waals surface area contributed by atoms with Gasteiger partial charge in [0, 0.05) is 188 Å². The largest absolute Gasteiger partial charge is 0.395 e. The van der Waals surface area contributed by atoms with Crippen LogP contribution in [0.2, 0.25) is 0 Å². The molecule has 34 N–H and O–H groups in total. The molecule has 0 spiro atoms. The fraction of sp³-hybridized carbons (Fsp3) is 0.933. The molecule has 32 nitrogen and oxygen atoms in total. The number of piperazine rings is 4. The number of likely N-dealkylation sites (tertiary alicyclic amines) is 3. The van der Waals surface area contributed by atoms with Crippen LogP contribution >= 0.6 is 12.4 Å². The van der Waals surface area contributed by atoms with E-state index in [2.05, 4.69) is 45.8 Å². The summed E-state index contributed by atoms with van der Waals surface area (Å²) < 4.78 is 0. The second-order valence-corrected chi connectivity index (χ2v) is 25.3. The zero-order valence-corrected chi connectivity index (χ0v) is 58.3. The van der Waals surface area contributed by atoms with E-state index in [1.165, 1.54) is 65.1 Å². The number of nitrogens with two attached hydrogens (primary N) is 14. The van der Waals surface area contributed by atoms with Gasteiger partial charge in [-0.2, -0.15) is 0 Å². The second kappa shape index (κ2) is 59.1. The summed E-state index contributed by atoms with van der Waals surface area (Å²) in [6, 6.07) is 1.24. The third kappa shape index (κ3) is 48.4. The third-order valence-electron chi connectivity index (χ3n) is 17.6. The van der Waals surface area contributed by atoms with Gasteiger partial charge in [-0.3, -0.25) is 46.2 Å². The number of piperidine rings is 5. The summed E-state index contributed by atoms with van der Waals surface area (Å²) in [6.07, 6.45) is 14.6. The molecule has 0 bridgehead atoms. The molecule has 3 amide bonds. The molecule has 9 fully saturated rings. The minimum absolute atomic E-state index is 0. The predicted molar refractivity (Wildman–Crippen MR) is 382 cm³/mol. The van der Waals surface area contributed by atoms with Crippen LogP contribution in [-0.4, -0.2) is 339 Å². The number of carbonyl (C=O) groups excluding carboxylic acids is 3. The Bertz CT molecular complexity index is 1700. The fourth-order valence-electron chi connectivity index (χ4n) is 11.4. The Labute approximate surface area is 566 Å². The highest BCUT2D eigenvalue weighted by atomic mass is 35.5. The van der Waals surface area contributed by atoms with Gasteiger partial charge in [0.15, 0.2) is 5.96 Å². The Morgan fingerprint density at radius 3 is 1.34 bits per heavy atom. The van der Waals surface area contributed by atoms with Crippen molar-refractivity contribution in [2.75, 3.05) is 242 Å². The van der Waals surface area contributed by atoms with Crippen LogP contribution in [0, 0.1) is 17.2 Å². The zero-order chi connectivity index (χ0) is 68.2. The first-order valence-electron chi connectivity index (χ1n) is 34.8. The molecule has 9 aliphatic rings. The Hall–Kier alpha value is -2.95. The van der Waals surface area contributed by atoms with Crippen molar-refractivity contribution in [3.8, 4) is 0 Å². The van der Waals surface area contributed by atoms with E-state index in [9.17, 15) is 14.4 Å². The first-order valence-corrected chi connectivity index (χ1v) is 34.8. The lowest BCUT2D eigenvalue weighted by Crippen LogP contribution is -2.54. The summed E-state index contributed by atoms with van der Waals surface area (Å²) in [5, 5.41) is 32.1. The fourth-order valence-corrected chi connectivity index (χ4v) is 11.4. The van der Waals surface area contributed by atoms with E-state index in [1.807, 2.05) is 19.8 Å². The average molecular weight is 1350 g/mol. The van der Waals surface area contributed by atoms with Crippen molar-refractivity contribution in [2.24, 2.45) is 92.3 Å². The summed E-state index contributed by atoms with van der Waals surface area (Å²) in [4.78, 5) is 47.6. The summed E-state index contributed by atoms with van der Waals surface area (Å²) >= 11 is 0. The minimum atomic E-state index is -0.276. The number of aliphatic hydroxyl groups is 1. The number of hydrogen-bond acceptors (Lipinski definition) is 27. The number of carbonyl (C=O) groups is 3. The Kier molecular flexibility index (Phi) is 57.3. The van der Waals surface area contributed by atoms with Gasteiger partial charge in [-0.05, 0) is 142 Å². The van der Waals surface area contributed by atoms with Crippen molar-refractivity contribution in [3.63, 3.8) is 0 Å². The number of rotatable bonds is 18. The normalized spacial score (nSPS) is 23.6. The summed E-state index contributed by atoms with van der Waals surface area (Å²) in [5.74, 6) is 11.3. The zero-order valence-electron chi connectivity index (χ0n) is 57.5. The molecule has 552 valence electrons. The summed E-state index contributed by atoms with van der Waals surface area (Å²) in [6.45, 7) is 34.2. The first-order chi connectivity index (χ1) is 44.3. The molecule has 0 saturated carbocycles. The highest BCUT2D eigenvalue weighted by Crippen LogP contribution is 2.16. The number of guanidine groups is 1. The number of hydrogen-bond donors (Lipinski definition) is 20. The first kappa shape index (κ1) is 90.0. The van der Waals surface area contributed by atoms with Crippen LogP contribution in [0.4, 0.5) is 0 Å². The maximum absolute atomic E-state index is 10.9. The van der Waals surface area contributed by atoms with Crippen molar-refractivity contribution in [1.29, 1.82) is 5.41 Å². The smallest absolute Gasteiger partial charge is 0.235 e. The predicted octanol–water partition coefficient (Wildman–Crippen LogP) is -7.97. The van der Waals surface area contributed by atoms with E-state index in [1.54, 1.807) is 0 Å². The van der Waals surface area contributed by atoms with Gasteiger partial charge in [0.05, 0.1) is 25.1 Å². The van der Waals surface area contributed by atoms with Crippen molar-refractivity contribution in [2.45, 2.75) is 108 Å². The van der Waals surface area contributed by atoms with E-state index >= 15 is 0 Å². The van der Waals surface area contributed by atoms with E-state index in [0.717, 1.165) is 234 Å². The number of aliphatic hydroxyl groups excluding tert-OH is 1. The molecule has 3 unspecified atom stereocenters. The standard InChI is InChI=1S/C10H24N4.C8H17N3O.C7H16N4.C7H15N3O.C6H16N4.C6H15N3O.C6H14N2.C5H11N3O.C5H12N2.ClH/c11-3-1-5-13-7-9-14(10-8-13)6-2-4-12;9-3-5-11-4-1-2-7(6-11)8(10)12;8-5-6-1-3-11(4-2-6)7(9)10;8-6-1-3-10(4-2-6)5-7(9)11;7-1-2-9-3-5-10(8)6-4-9;7-9-3-1-8(2-4-9)5-6-10;7-5-6-3-1-2-4-8-6;6-5(9)4-3-7-1-2-8-4;6-5-1-3-7-4-2-5;/h1-12H2;7H,1-6,9H2,(H2,10,12);6H,1-5,8H2,(H3,9,10);6H,1-5,8H2,(H2,9,11);1-8H2;10H,1-7H2;6,8H,1-5,7H2;4,7-8H,1-3H2,(H2,6,9);5,7H,1-4,6H2;1H. The van der Waals surface area contributed by atoms with Crippen molar-refractivity contribution < 1.29 is 19.5 Å². The van der Waals surface area contributed by atoms with Crippen LogP contribution in [0.3, 0.4) is 0 Å². The number of β-amino-alcohol motifs (C(OH)–C–C–N with tert-alkyl or cyclic N) is 1. The van der Waals surface area contributed by atoms with Crippen LogP contribution in [0.15, 0.2) is 0 Å². The molecule has 0 aromatic heterocycles. The molecule has 9 aliphatic heterocycles. The van der Waals surface area contributed by atoms with E-state index in [-0.39, 0.29) is 54.7 Å². The number of hydrazine groups is 2. The molecule has 9 heterocycles. The highest BCUT2D eigenvalue weighted by Gasteiger charge is 2.24. The van der Waals surface area contributed by atoms with Crippen LogP contribution < -0.4 is 102 Å². The van der Waals surface area contributed by atoms with Gasteiger partial charge < -0.3 is 115 Å². The maximum atomic E-state index is 10.9. The van der Waals surface area contributed by atoms with Gasteiger partial charge in [-0.1, -0.05) is 6.42 Å². The number of primary amides is 3. The lowest BCUT2D eigenvalue weighted by molar-refractivity contribution is -0.123. The van der Waals surface area contributed by atoms with Gasteiger partial charge in [0.25, 0.3) is 0 Å². The number of amides is 3. The third-order valence-corrected chi connectivity index (χ3v) is 17.6. The van der Waals surface area contributed by atoms with Gasteiger partial charge in [0.1, 0.15) is 0 Å². The molecule has 0 aromatic rings. The van der Waals surface area contributed by atoms with Crippen LogP contribution in [0.5, 0.6) is 0 Å². The van der Waals surface area contributed by atoms with E-state index in [4.69, 9.17) is 91.0 Å². The topological polar surface area (TPSA) is 537 Å². The van der Waals surface area contributed by atoms with Crippen molar-refractivity contribution in [3.05, 3.63) is 0 Å². The Balaban J connectivity index is 0.00000103. The van der Waals surface area contributed by atoms with Crippen molar-refractivity contribution >= 4 is 36.1 Å². The Morgan fingerprint density at radius 2 is 0.968 bits per heavy atom. The number of nitrogens with zero attached hydrogens (tertiary/aromatic N) is 9. The summed E-state index contributed by atoms with van der Waals surface area (Å²) in [7, 11) is 0. The molecule has 93 heavy (non-hydrogen) atoms. The highest BCUT2D eigenvalue weighted by molar-refractivity contribution is 5.85. The molecule has 0 aliphatic carbocycles. The molecule has 9 saturated heterocycles. The van der Waals surface area contributed by atoms with Gasteiger partial charge in [0.2, 0.25) is 17.7 Å². The average Bonchev–Trinajstić information content (AvgIpc) is 3.70. The quantitative estimate of drug-likeness (QED) is 0.0344. The maximum Gasteiger partial charge on any atom is 0.235 e. The number of halogens is 1. The molecule has 33 heteroatoms. The molecule has 0 aromatic carbocycles. The Morgan fingerprint density at radius 1 is 0.462 bits per heavy atom. The van der Waals surface area contributed by atoms with Crippen molar-refractivity contribution in [1.82, 2.24) is 65.6 Å². The van der Waals surface area contributed by atoms with E-state index < -0.39 is 0 Å². The SMILES string of the molecule is Cl.N=C(N)N1CCC(CN)CC1.NC(=O)C1CNCCN1.NC(=O)CN1CCC(N)CC1.NC1CCNCC1.NCC1CCCCN1.NCCCN1CCN(CCCN)CC1.NCCN1CCCC(C(N)=O)C1.NCCN1CCN(N)CC1.NN1CCN(CCO)CC1. The molecule has 3 atom stereocenters. The second-order valence-electron chi connectivity index (χ2n) is 25.3. The van der Waals surface area contributed by atoms with Crippen LogP contribution in [0.1, 0.15) is 83.5 Å². The molecular weight excluding hydrogens is 1210 g/mol. The number of nitrogens with one attached hydrogen (secondary N) is 5. The molecule has 9 rings (SSSR count). The van der Waals surface area contributed by atoms with Crippen LogP contribution in [-0.2, 0) is 14.4 Å².